The van der Waals surface area contributed by atoms with E-state index in [0.29, 0.717) is 30.5 Å². The molecular formula is C19H26N4O2S. The van der Waals surface area contributed by atoms with Gasteiger partial charge in [0.05, 0.1) is 11.4 Å². The van der Waals surface area contributed by atoms with Crippen LogP contribution in [0.5, 0.6) is 0 Å². The maximum Gasteiger partial charge on any atom is 0.230 e. The Morgan fingerprint density at radius 3 is 2.85 bits per heavy atom. The summed E-state index contributed by atoms with van der Waals surface area (Å²) in [4.78, 5) is 28.2. The molecule has 2 N–H and O–H groups in total. The number of carbonyl (C=O) groups is 2. The van der Waals surface area contributed by atoms with Gasteiger partial charge in [-0.15, -0.1) is 11.8 Å². The first-order chi connectivity index (χ1) is 12.6. The molecule has 7 heteroatoms. The van der Waals surface area contributed by atoms with Gasteiger partial charge in [0.2, 0.25) is 11.8 Å². The van der Waals surface area contributed by atoms with Crippen LogP contribution in [0.25, 0.3) is 5.65 Å². The van der Waals surface area contributed by atoms with E-state index in [4.69, 9.17) is 0 Å². The summed E-state index contributed by atoms with van der Waals surface area (Å²) in [6.07, 6.45) is 8.95. The fourth-order valence-electron chi connectivity index (χ4n) is 3.21. The van der Waals surface area contributed by atoms with E-state index < -0.39 is 0 Å². The second-order valence-corrected chi connectivity index (χ2v) is 7.83. The molecule has 0 radical (unpaired) electrons. The maximum absolute atomic E-state index is 11.9. The van der Waals surface area contributed by atoms with Gasteiger partial charge >= 0.3 is 0 Å². The largest absolute Gasteiger partial charge is 0.355 e. The topological polar surface area (TPSA) is 75.5 Å². The number of hydrogen-bond donors (Lipinski definition) is 2. The second-order valence-electron chi connectivity index (χ2n) is 6.85. The number of hydrogen-bond acceptors (Lipinski definition) is 4. The minimum Gasteiger partial charge on any atom is -0.355 e. The first kappa shape index (κ1) is 18.8. The molecule has 6 nitrogen and oxygen atoms in total. The number of aryl methyl sites for hydroxylation is 1. The zero-order chi connectivity index (χ0) is 18.4. The maximum atomic E-state index is 11.9. The van der Waals surface area contributed by atoms with Gasteiger partial charge in [-0.2, -0.15) is 0 Å². The van der Waals surface area contributed by atoms with Crippen molar-refractivity contribution in [1.29, 1.82) is 0 Å². The van der Waals surface area contributed by atoms with Crippen LogP contribution in [0.4, 0.5) is 0 Å². The van der Waals surface area contributed by atoms with Crippen molar-refractivity contribution in [1.82, 2.24) is 20.0 Å². The number of nitrogens with one attached hydrogen (secondary N) is 2. The normalized spacial score (nSPS) is 14.7. The second kappa shape index (κ2) is 9.07. The third-order valence-electron chi connectivity index (χ3n) is 4.53. The van der Waals surface area contributed by atoms with Crippen molar-refractivity contribution >= 4 is 29.2 Å². The van der Waals surface area contributed by atoms with E-state index in [2.05, 4.69) is 15.6 Å². The summed E-state index contributed by atoms with van der Waals surface area (Å²) in [5.74, 6) is 1.06. The lowest BCUT2D eigenvalue weighted by molar-refractivity contribution is -0.122. The standard InChI is InChI=1S/C19H26N4O2S/c1-14-6-7-17-21-16(11-23(17)10-14)12-26-13-19(25)20-9-8-18(24)22-15-4-2-3-5-15/h6-7,10-11,15H,2-5,8-9,12-13H2,1H3,(H,20,25)(H,22,24). The van der Waals surface area contributed by atoms with Crippen LogP contribution in [0.2, 0.25) is 0 Å². The van der Waals surface area contributed by atoms with Gasteiger partial charge in [0.25, 0.3) is 0 Å². The molecule has 26 heavy (non-hydrogen) atoms. The highest BCUT2D eigenvalue weighted by molar-refractivity contribution is 7.99. The van der Waals surface area contributed by atoms with Crippen LogP contribution in [0.3, 0.4) is 0 Å². The van der Waals surface area contributed by atoms with Crippen LogP contribution in [-0.4, -0.2) is 39.5 Å². The van der Waals surface area contributed by atoms with E-state index in [1.54, 1.807) is 0 Å². The lowest BCUT2D eigenvalue weighted by Crippen LogP contribution is -2.36. The Bertz CT molecular complexity index is 768. The molecule has 1 fully saturated rings. The summed E-state index contributed by atoms with van der Waals surface area (Å²) in [7, 11) is 0. The van der Waals surface area contributed by atoms with E-state index >= 15 is 0 Å². The highest BCUT2D eigenvalue weighted by Crippen LogP contribution is 2.17. The fourth-order valence-corrected chi connectivity index (χ4v) is 3.95. The van der Waals surface area contributed by atoms with Gasteiger partial charge in [-0.25, -0.2) is 4.98 Å². The molecule has 2 aromatic rings. The third-order valence-corrected chi connectivity index (χ3v) is 5.49. The monoisotopic (exact) mass is 374 g/mol. The molecule has 0 spiro atoms. The Kier molecular flexibility index (Phi) is 6.55. The molecule has 2 heterocycles. The molecule has 0 aliphatic heterocycles. The predicted octanol–water partition coefficient (Wildman–Crippen LogP) is 2.44. The Morgan fingerprint density at radius 2 is 2.04 bits per heavy atom. The molecular weight excluding hydrogens is 348 g/mol. The molecule has 0 bridgehead atoms. The Hall–Kier alpha value is -2.02. The van der Waals surface area contributed by atoms with E-state index in [0.717, 1.165) is 24.2 Å². The number of rotatable bonds is 8. The minimum atomic E-state index is -0.0386. The van der Waals surface area contributed by atoms with Crippen molar-refractivity contribution in [2.45, 2.75) is 50.8 Å². The average Bonchev–Trinajstić information content (AvgIpc) is 3.23. The zero-order valence-corrected chi connectivity index (χ0v) is 16.0. The van der Waals surface area contributed by atoms with Crippen LogP contribution in [0.1, 0.15) is 43.4 Å². The molecule has 140 valence electrons. The molecule has 1 saturated carbocycles. The van der Waals surface area contributed by atoms with Crippen LogP contribution >= 0.6 is 11.8 Å². The number of amides is 2. The van der Waals surface area contributed by atoms with Crippen LogP contribution in [-0.2, 0) is 15.3 Å². The van der Waals surface area contributed by atoms with E-state index in [9.17, 15) is 9.59 Å². The van der Waals surface area contributed by atoms with Gasteiger partial charge in [-0.1, -0.05) is 18.9 Å². The summed E-state index contributed by atoms with van der Waals surface area (Å²) < 4.78 is 2.01. The minimum absolute atomic E-state index is 0.0323. The van der Waals surface area contributed by atoms with Crippen LogP contribution < -0.4 is 10.6 Å². The van der Waals surface area contributed by atoms with Crippen LogP contribution in [0.15, 0.2) is 24.5 Å². The number of carbonyl (C=O) groups excluding carboxylic acids is 2. The van der Waals surface area contributed by atoms with Crippen molar-refractivity contribution in [3.05, 3.63) is 35.8 Å². The lowest BCUT2D eigenvalue weighted by atomic mass is 10.2. The molecule has 0 unspecified atom stereocenters. The molecule has 0 atom stereocenters. The summed E-state index contributed by atoms with van der Waals surface area (Å²) >= 11 is 1.53. The van der Waals surface area contributed by atoms with Crippen molar-refractivity contribution < 1.29 is 9.59 Å². The quantitative estimate of drug-likeness (QED) is 0.744. The molecule has 0 saturated heterocycles. The van der Waals surface area contributed by atoms with E-state index in [1.807, 2.05) is 35.9 Å². The summed E-state index contributed by atoms with van der Waals surface area (Å²) in [5, 5.41) is 5.84. The summed E-state index contributed by atoms with van der Waals surface area (Å²) in [6, 6.07) is 4.37. The Balaban J connectivity index is 1.31. The van der Waals surface area contributed by atoms with Gasteiger partial charge in [0, 0.05) is 37.2 Å². The highest BCUT2D eigenvalue weighted by Gasteiger charge is 2.16. The number of fused-ring (bicyclic) bond motifs is 1. The zero-order valence-electron chi connectivity index (χ0n) is 15.2. The van der Waals surface area contributed by atoms with Gasteiger partial charge in [-0.3, -0.25) is 9.59 Å². The molecule has 1 aliphatic rings. The third kappa shape index (κ3) is 5.49. The number of nitrogens with zero attached hydrogens (tertiary/aromatic N) is 2. The molecule has 2 aromatic heterocycles. The van der Waals surface area contributed by atoms with Crippen molar-refractivity contribution in [2.75, 3.05) is 12.3 Å². The number of pyridine rings is 1. The SMILES string of the molecule is Cc1ccc2nc(CSCC(=O)NCCC(=O)NC3CCCC3)cn2c1. The number of imidazole rings is 1. The summed E-state index contributed by atoms with van der Waals surface area (Å²) in [6.45, 7) is 2.44. The van der Waals surface area contributed by atoms with Gasteiger partial charge in [-0.05, 0) is 31.4 Å². The number of thioether (sulfide) groups is 1. The Labute approximate surface area is 158 Å². The van der Waals surface area contributed by atoms with Gasteiger partial charge in [0.15, 0.2) is 0 Å². The number of aromatic nitrogens is 2. The first-order valence-corrected chi connectivity index (χ1v) is 10.3. The molecule has 3 rings (SSSR count). The average molecular weight is 375 g/mol. The van der Waals surface area contributed by atoms with Crippen molar-refractivity contribution in [3.8, 4) is 0 Å². The predicted molar refractivity (Wildman–Crippen MR) is 104 cm³/mol. The van der Waals surface area contributed by atoms with Gasteiger partial charge in [0.1, 0.15) is 5.65 Å². The van der Waals surface area contributed by atoms with Crippen LogP contribution in [0, 0.1) is 6.92 Å². The molecule has 2 amide bonds. The van der Waals surface area contributed by atoms with E-state index in [-0.39, 0.29) is 11.8 Å². The van der Waals surface area contributed by atoms with E-state index in [1.165, 1.54) is 30.2 Å². The Morgan fingerprint density at radius 1 is 1.23 bits per heavy atom. The highest BCUT2D eigenvalue weighted by atomic mass is 32.2. The van der Waals surface area contributed by atoms with Gasteiger partial charge < -0.3 is 15.0 Å². The van der Waals surface area contributed by atoms with Crippen molar-refractivity contribution in [3.63, 3.8) is 0 Å². The fraction of sp³-hybridized carbons (Fsp3) is 0.526. The molecule has 0 aromatic carbocycles. The lowest BCUT2D eigenvalue weighted by Gasteiger charge is -2.11. The molecule has 1 aliphatic carbocycles. The van der Waals surface area contributed by atoms with Crippen molar-refractivity contribution in [2.24, 2.45) is 0 Å². The first-order valence-electron chi connectivity index (χ1n) is 9.18. The summed E-state index contributed by atoms with van der Waals surface area (Å²) in [5.41, 5.74) is 3.07. The smallest absolute Gasteiger partial charge is 0.230 e.